The Hall–Kier alpha value is -1.02. The molecule has 102 valence electrons. The Balaban J connectivity index is 2.97. The van der Waals surface area contributed by atoms with Crippen LogP contribution in [-0.2, 0) is 0 Å². The first-order valence-electron chi connectivity index (χ1n) is 7.15. The Morgan fingerprint density at radius 3 is 2.33 bits per heavy atom. The summed E-state index contributed by atoms with van der Waals surface area (Å²) in [5.41, 5.74) is 2.25. The molecule has 1 aromatic rings. The molecule has 0 spiro atoms. The van der Waals surface area contributed by atoms with E-state index in [1.165, 1.54) is 12.1 Å². The number of aliphatic hydroxyl groups is 1. The van der Waals surface area contributed by atoms with Gasteiger partial charge < -0.3 is 10.0 Å². The topological polar surface area (TPSA) is 23.5 Å². The van der Waals surface area contributed by atoms with Crippen LogP contribution in [0, 0.1) is 5.92 Å². The summed E-state index contributed by atoms with van der Waals surface area (Å²) in [7, 11) is 0. The molecule has 0 aliphatic carbocycles. The summed E-state index contributed by atoms with van der Waals surface area (Å²) in [5, 5.41) is 10.1. The zero-order valence-electron chi connectivity index (χ0n) is 12.2. The lowest BCUT2D eigenvalue weighted by Crippen LogP contribution is -2.29. The first kappa shape index (κ1) is 15.0. The van der Waals surface area contributed by atoms with Gasteiger partial charge in [0.1, 0.15) is 0 Å². The van der Waals surface area contributed by atoms with Crippen molar-refractivity contribution < 1.29 is 5.11 Å². The SMILES string of the molecule is CCC(C)CN(CC)c1ccccc1[C@H](O)CC. The van der Waals surface area contributed by atoms with Crippen molar-refractivity contribution in [3.8, 4) is 0 Å². The molecule has 1 aromatic carbocycles. The molecule has 18 heavy (non-hydrogen) atoms. The molecule has 2 nitrogen and oxygen atoms in total. The molecule has 0 aliphatic rings. The normalized spacial score (nSPS) is 14.3. The van der Waals surface area contributed by atoms with E-state index in [1.807, 2.05) is 19.1 Å². The minimum Gasteiger partial charge on any atom is -0.388 e. The zero-order chi connectivity index (χ0) is 13.5. The average molecular weight is 249 g/mol. The third-order valence-corrected chi connectivity index (χ3v) is 3.63. The van der Waals surface area contributed by atoms with E-state index in [0.717, 1.165) is 25.1 Å². The van der Waals surface area contributed by atoms with E-state index in [0.29, 0.717) is 5.92 Å². The third-order valence-electron chi connectivity index (χ3n) is 3.63. The van der Waals surface area contributed by atoms with Gasteiger partial charge in [0, 0.05) is 24.3 Å². The minimum absolute atomic E-state index is 0.354. The van der Waals surface area contributed by atoms with E-state index in [4.69, 9.17) is 0 Å². The van der Waals surface area contributed by atoms with Crippen LogP contribution in [0.1, 0.15) is 52.2 Å². The molecule has 0 fully saturated rings. The first-order chi connectivity index (χ1) is 8.63. The monoisotopic (exact) mass is 249 g/mol. The summed E-state index contributed by atoms with van der Waals surface area (Å²) in [4.78, 5) is 2.38. The van der Waals surface area contributed by atoms with E-state index in [9.17, 15) is 5.11 Å². The fourth-order valence-corrected chi connectivity index (χ4v) is 2.18. The molecular formula is C16H27NO. The van der Waals surface area contributed by atoms with Crippen molar-refractivity contribution in [2.24, 2.45) is 5.92 Å². The molecule has 0 amide bonds. The van der Waals surface area contributed by atoms with E-state index >= 15 is 0 Å². The number of benzene rings is 1. The highest BCUT2D eigenvalue weighted by molar-refractivity contribution is 5.54. The van der Waals surface area contributed by atoms with Crippen LogP contribution in [0.3, 0.4) is 0 Å². The second-order valence-electron chi connectivity index (χ2n) is 5.03. The van der Waals surface area contributed by atoms with Gasteiger partial charge in [-0.05, 0) is 25.3 Å². The van der Waals surface area contributed by atoms with Crippen molar-refractivity contribution in [1.82, 2.24) is 0 Å². The van der Waals surface area contributed by atoms with Crippen LogP contribution in [0.4, 0.5) is 5.69 Å². The average Bonchev–Trinajstić information content (AvgIpc) is 2.43. The van der Waals surface area contributed by atoms with E-state index in [-0.39, 0.29) is 6.10 Å². The van der Waals surface area contributed by atoms with Gasteiger partial charge in [-0.3, -0.25) is 0 Å². The number of hydrogen-bond acceptors (Lipinski definition) is 2. The van der Waals surface area contributed by atoms with Gasteiger partial charge in [-0.1, -0.05) is 45.4 Å². The van der Waals surface area contributed by atoms with Gasteiger partial charge in [0.15, 0.2) is 0 Å². The van der Waals surface area contributed by atoms with Crippen LogP contribution in [0.15, 0.2) is 24.3 Å². The molecule has 0 aromatic heterocycles. The predicted octanol–water partition coefficient (Wildman–Crippen LogP) is 4.00. The lowest BCUT2D eigenvalue weighted by Gasteiger charge is -2.29. The van der Waals surface area contributed by atoms with Crippen LogP contribution in [0.25, 0.3) is 0 Å². The maximum absolute atomic E-state index is 10.1. The summed E-state index contributed by atoms with van der Waals surface area (Å²) < 4.78 is 0. The Morgan fingerprint density at radius 1 is 1.11 bits per heavy atom. The van der Waals surface area contributed by atoms with Gasteiger partial charge in [-0.15, -0.1) is 0 Å². The van der Waals surface area contributed by atoms with E-state index < -0.39 is 0 Å². The highest BCUT2D eigenvalue weighted by Crippen LogP contribution is 2.28. The lowest BCUT2D eigenvalue weighted by molar-refractivity contribution is 0.174. The highest BCUT2D eigenvalue weighted by atomic mass is 16.3. The molecule has 0 saturated carbocycles. The number of hydrogen-bond donors (Lipinski definition) is 1. The van der Waals surface area contributed by atoms with Gasteiger partial charge in [-0.2, -0.15) is 0 Å². The minimum atomic E-state index is -0.354. The predicted molar refractivity (Wildman–Crippen MR) is 79.0 cm³/mol. The molecule has 0 radical (unpaired) electrons. The number of anilines is 1. The standard InChI is InChI=1S/C16H27NO/c1-5-13(4)12-17(7-3)15-11-9-8-10-14(15)16(18)6-2/h8-11,13,16,18H,5-7,12H2,1-4H3/t13?,16-/m1/s1. The van der Waals surface area contributed by atoms with Crippen molar-refractivity contribution >= 4 is 5.69 Å². The van der Waals surface area contributed by atoms with E-state index in [1.54, 1.807) is 0 Å². The van der Waals surface area contributed by atoms with Crippen molar-refractivity contribution in [1.29, 1.82) is 0 Å². The lowest BCUT2D eigenvalue weighted by atomic mass is 10.0. The van der Waals surface area contributed by atoms with Crippen LogP contribution in [0.5, 0.6) is 0 Å². The number of nitrogens with zero attached hydrogens (tertiary/aromatic N) is 1. The highest BCUT2D eigenvalue weighted by Gasteiger charge is 2.15. The van der Waals surface area contributed by atoms with Crippen LogP contribution < -0.4 is 4.90 Å². The number of aliphatic hydroxyl groups excluding tert-OH is 1. The van der Waals surface area contributed by atoms with Crippen molar-refractivity contribution in [2.45, 2.75) is 46.6 Å². The molecule has 2 atom stereocenters. The molecule has 1 N–H and O–H groups in total. The van der Waals surface area contributed by atoms with E-state index in [2.05, 4.69) is 37.8 Å². The fraction of sp³-hybridized carbons (Fsp3) is 0.625. The molecular weight excluding hydrogens is 222 g/mol. The first-order valence-corrected chi connectivity index (χ1v) is 7.15. The van der Waals surface area contributed by atoms with Crippen molar-refractivity contribution in [2.75, 3.05) is 18.0 Å². The Morgan fingerprint density at radius 2 is 1.78 bits per heavy atom. The summed E-state index contributed by atoms with van der Waals surface area (Å²) >= 11 is 0. The van der Waals surface area contributed by atoms with Gasteiger partial charge in [0.2, 0.25) is 0 Å². The second-order valence-corrected chi connectivity index (χ2v) is 5.03. The summed E-state index contributed by atoms with van der Waals surface area (Å²) in [6.07, 6.45) is 1.60. The maximum atomic E-state index is 10.1. The van der Waals surface area contributed by atoms with Crippen LogP contribution >= 0.6 is 0 Å². The fourth-order valence-electron chi connectivity index (χ4n) is 2.18. The Kier molecular flexibility index (Phi) is 6.20. The molecule has 2 heteroatoms. The van der Waals surface area contributed by atoms with Crippen LogP contribution in [0.2, 0.25) is 0 Å². The van der Waals surface area contributed by atoms with Gasteiger partial charge >= 0.3 is 0 Å². The molecule has 1 rings (SSSR count). The molecule has 1 unspecified atom stereocenters. The summed E-state index contributed by atoms with van der Waals surface area (Å²) in [6, 6.07) is 8.23. The largest absolute Gasteiger partial charge is 0.388 e. The number of rotatable bonds is 7. The molecule has 0 bridgehead atoms. The smallest absolute Gasteiger partial charge is 0.0807 e. The van der Waals surface area contributed by atoms with Gasteiger partial charge in [-0.25, -0.2) is 0 Å². The molecule has 0 saturated heterocycles. The Bertz CT molecular complexity index is 351. The quantitative estimate of drug-likeness (QED) is 0.789. The zero-order valence-corrected chi connectivity index (χ0v) is 12.2. The van der Waals surface area contributed by atoms with Gasteiger partial charge in [0.25, 0.3) is 0 Å². The Labute approximate surface area is 112 Å². The van der Waals surface area contributed by atoms with Crippen molar-refractivity contribution in [3.05, 3.63) is 29.8 Å². The second kappa shape index (κ2) is 7.42. The van der Waals surface area contributed by atoms with Gasteiger partial charge in [0.05, 0.1) is 6.10 Å². The summed E-state index contributed by atoms with van der Waals surface area (Å²) in [6.45, 7) is 10.7. The number of para-hydroxylation sites is 1. The molecule has 0 aliphatic heterocycles. The molecule has 0 heterocycles. The maximum Gasteiger partial charge on any atom is 0.0807 e. The van der Waals surface area contributed by atoms with Crippen LogP contribution in [-0.4, -0.2) is 18.2 Å². The van der Waals surface area contributed by atoms with Crippen molar-refractivity contribution in [3.63, 3.8) is 0 Å². The summed E-state index contributed by atoms with van der Waals surface area (Å²) in [5.74, 6) is 0.678. The third kappa shape index (κ3) is 3.74.